The normalized spacial score (nSPS) is 11.8. The molecule has 33 heavy (non-hydrogen) atoms. The minimum atomic E-state index is -3.71. The molecule has 0 aliphatic rings. The SMILES string of the molecule is CC(C)(C)NS(=O)(=O)c1ccccc1-c1ccc(NC(=O)C=Cc2cccc(C#N)c2)cc1. The van der Waals surface area contributed by atoms with Gasteiger partial charge in [0.15, 0.2) is 0 Å². The predicted octanol–water partition coefficient (Wildman–Crippen LogP) is 4.95. The summed E-state index contributed by atoms with van der Waals surface area (Å²) in [6, 6.07) is 22.8. The van der Waals surface area contributed by atoms with Crippen molar-refractivity contribution < 1.29 is 13.2 Å². The Bertz CT molecular complexity index is 1330. The van der Waals surface area contributed by atoms with E-state index in [2.05, 4.69) is 16.1 Å². The number of nitrogens with one attached hydrogen (secondary N) is 2. The maximum Gasteiger partial charge on any atom is 0.248 e. The van der Waals surface area contributed by atoms with Crippen molar-refractivity contribution in [2.75, 3.05) is 5.32 Å². The Balaban J connectivity index is 1.77. The molecule has 0 atom stereocenters. The topological polar surface area (TPSA) is 99.1 Å². The maximum absolute atomic E-state index is 12.9. The molecule has 0 aliphatic heterocycles. The molecule has 7 heteroatoms. The van der Waals surface area contributed by atoms with Crippen LogP contribution in [0, 0.1) is 11.3 Å². The van der Waals surface area contributed by atoms with Crippen LogP contribution in [-0.2, 0) is 14.8 Å². The van der Waals surface area contributed by atoms with Crippen molar-refractivity contribution in [2.24, 2.45) is 0 Å². The molecule has 0 bridgehead atoms. The first-order valence-electron chi connectivity index (χ1n) is 10.3. The number of amides is 1. The molecule has 3 rings (SSSR count). The van der Waals surface area contributed by atoms with Crippen LogP contribution < -0.4 is 10.0 Å². The highest BCUT2D eigenvalue weighted by Crippen LogP contribution is 2.29. The second-order valence-electron chi connectivity index (χ2n) is 8.49. The molecular formula is C26H25N3O3S. The van der Waals surface area contributed by atoms with Crippen molar-refractivity contribution in [3.05, 3.63) is 90.0 Å². The molecule has 1 amide bonds. The van der Waals surface area contributed by atoms with Crippen molar-refractivity contribution in [1.29, 1.82) is 5.26 Å². The second kappa shape index (κ2) is 9.82. The van der Waals surface area contributed by atoms with Gasteiger partial charge in [-0.15, -0.1) is 0 Å². The van der Waals surface area contributed by atoms with Crippen molar-refractivity contribution >= 4 is 27.7 Å². The van der Waals surface area contributed by atoms with Gasteiger partial charge in [0.2, 0.25) is 15.9 Å². The molecule has 0 fully saturated rings. The fraction of sp³-hybridized carbons (Fsp3) is 0.154. The Hall–Kier alpha value is -3.73. The minimum Gasteiger partial charge on any atom is -0.323 e. The predicted molar refractivity (Wildman–Crippen MR) is 131 cm³/mol. The van der Waals surface area contributed by atoms with Crippen LogP contribution in [0.2, 0.25) is 0 Å². The van der Waals surface area contributed by atoms with Gasteiger partial charge in [-0.3, -0.25) is 4.79 Å². The first kappa shape index (κ1) is 23.9. The number of benzene rings is 3. The number of anilines is 1. The highest BCUT2D eigenvalue weighted by molar-refractivity contribution is 7.89. The van der Waals surface area contributed by atoms with Crippen molar-refractivity contribution in [1.82, 2.24) is 4.72 Å². The second-order valence-corrected chi connectivity index (χ2v) is 10.1. The minimum absolute atomic E-state index is 0.194. The van der Waals surface area contributed by atoms with Crippen LogP contribution in [0.15, 0.2) is 83.8 Å². The van der Waals surface area contributed by atoms with Crippen molar-refractivity contribution in [3.8, 4) is 17.2 Å². The number of hydrogen-bond acceptors (Lipinski definition) is 4. The lowest BCUT2D eigenvalue weighted by atomic mass is 10.1. The molecule has 0 unspecified atom stereocenters. The van der Waals surface area contributed by atoms with Crippen LogP contribution in [0.1, 0.15) is 31.9 Å². The van der Waals surface area contributed by atoms with Crippen LogP contribution >= 0.6 is 0 Å². The van der Waals surface area contributed by atoms with Gasteiger partial charge in [-0.2, -0.15) is 5.26 Å². The largest absolute Gasteiger partial charge is 0.323 e. The number of sulfonamides is 1. The van der Waals surface area contributed by atoms with E-state index in [0.717, 1.165) is 5.56 Å². The van der Waals surface area contributed by atoms with Gasteiger partial charge < -0.3 is 5.32 Å². The average Bonchev–Trinajstić information content (AvgIpc) is 2.77. The van der Waals surface area contributed by atoms with Gasteiger partial charge in [-0.1, -0.05) is 42.5 Å². The fourth-order valence-electron chi connectivity index (χ4n) is 3.20. The van der Waals surface area contributed by atoms with Crippen LogP contribution in [0.25, 0.3) is 17.2 Å². The zero-order chi connectivity index (χ0) is 24.1. The van der Waals surface area contributed by atoms with Crippen LogP contribution in [0.5, 0.6) is 0 Å². The smallest absolute Gasteiger partial charge is 0.248 e. The maximum atomic E-state index is 12.9. The fourth-order valence-corrected chi connectivity index (χ4v) is 4.85. The number of nitrogens with zero attached hydrogens (tertiary/aromatic N) is 1. The quantitative estimate of drug-likeness (QED) is 0.509. The van der Waals surface area contributed by atoms with Gasteiger partial charge in [0.1, 0.15) is 0 Å². The zero-order valence-electron chi connectivity index (χ0n) is 18.7. The Morgan fingerprint density at radius 2 is 1.67 bits per heavy atom. The van der Waals surface area contributed by atoms with E-state index in [-0.39, 0.29) is 10.8 Å². The van der Waals surface area contributed by atoms with Crippen molar-refractivity contribution in [3.63, 3.8) is 0 Å². The number of nitriles is 1. The number of carbonyl (C=O) groups is 1. The summed E-state index contributed by atoms with van der Waals surface area (Å²) in [6.45, 7) is 5.37. The summed E-state index contributed by atoms with van der Waals surface area (Å²) in [7, 11) is -3.71. The Kier molecular flexibility index (Phi) is 7.12. The third kappa shape index (κ3) is 6.62. The van der Waals surface area contributed by atoms with E-state index in [9.17, 15) is 13.2 Å². The molecule has 6 nitrogen and oxygen atoms in total. The third-order valence-electron chi connectivity index (χ3n) is 4.52. The molecular weight excluding hydrogens is 434 g/mol. The van der Waals surface area contributed by atoms with Gasteiger partial charge in [-0.05, 0) is 68.3 Å². The summed E-state index contributed by atoms with van der Waals surface area (Å²) >= 11 is 0. The molecule has 0 aliphatic carbocycles. The lowest BCUT2D eigenvalue weighted by molar-refractivity contribution is -0.111. The van der Waals surface area contributed by atoms with E-state index < -0.39 is 15.6 Å². The van der Waals surface area contributed by atoms with Crippen LogP contribution in [-0.4, -0.2) is 19.9 Å². The molecule has 3 aromatic rings. The third-order valence-corrected chi connectivity index (χ3v) is 6.34. The monoisotopic (exact) mass is 459 g/mol. The van der Waals surface area contributed by atoms with Gasteiger partial charge in [-0.25, -0.2) is 13.1 Å². The first-order chi connectivity index (χ1) is 15.6. The van der Waals surface area contributed by atoms with E-state index in [1.54, 1.807) is 99.6 Å². The van der Waals surface area contributed by atoms with Crippen LogP contribution in [0.3, 0.4) is 0 Å². The molecule has 0 radical (unpaired) electrons. The molecule has 0 saturated carbocycles. The summed E-state index contributed by atoms with van der Waals surface area (Å²) in [5.41, 5.74) is 2.53. The number of hydrogen-bond donors (Lipinski definition) is 2. The van der Waals surface area contributed by atoms with Gasteiger partial charge in [0, 0.05) is 22.9 Å². The summed E-state index contributed by atoms with van der Waals surface area (Å²) < 4.78 is 28.5. The Morgan fingerprint density at radius 1 is 0.970 bits per heavy atom. The highest BCUT2D eigenvalue weighted by atomic mass is 32.2. The van der Waals surface area contributed by atoms with E-state index in [0.29, 0.717) is 22.4 Å². The molecule has 2 N–H and O–H groups in total. The molecule has 0 heterocycles. The number of rotatable bonds is 6. The number of carbonyl (C=O) groups excluding carboxylic acids is 1. The van der Waals surface area contributed by atoms with E-state index in [1.165, 1.54) is 6.08 Å². The highest BCUT2D eigenvalue weighted by Gasteiger charge is 2.24. The lowest BCUT2D eigenvalue weighted by Crippen LogP contribution is -2.40. The zero-order valence-corrected chi connectivity index (χ0v) is 19.5. The Labute approximate surface area is 194 Å². The molecule has 168 valence electrons. The molecule has 0 aromatic heterocycles. The molecule has 0 spiro atoms. The molecule has 3 aromatic carbocycles. The molecule has 0 saturated heterocycles. The summed E-state index contributed by atoms with van der Waals surface area (Å²) in [5, 5.41) is 11.7. The van der Waals surface area contributed by atoms with Gasteiger partial charge in [0.05, 0.1) is 16.5 Å². The Morgan fingerprint density at radius 3 is 2.33 bits per heavy atom. The van der Waals surface area contributed by atoms with Gasteiger partial charge >= 0.3 is 0 Å². The standard InChI is InChI=1S/C26H25N3O3S/c1-26(2,3)29-33(31,32)24-10-5-4-9-23(24)21-12-14-22(15-13-21)28-25(30)16-11-19-7-6-8-20(17-19)18-27/h4-17,29H,1-3H3,(H,28,30). The first-order valence-corrected chi connectivity index (χ1v) is 11.8. The summed E-state index contributed by atoms with van der Waals surface area (Å²) in [6.07, 6.45) is 3.03. The van der Waals surface area contributed by atoms with E-state index in [4.69, 9.17) is 5.26 Å². The lowest BCUT2D eigenvalue weighted by Gasteiger charge is -2.21. The van der Waals surface area contributed by atoms with Gasteiger partial charge in [0.25, 0.3) is 0 Å². The summed E-state index contributed by atoms with van der Waals surface area (Å²) in [4.78, 5) is 12.5. The average molecular weight is 460 g/mol. The summed E-state index contributed by atoms with van der Waals surface area (Å²) in [5.74, 6) is -0.317. The van der Waals surface area contributed by atoms with E-state index in [1.807, 2.05) is 0 Å². The van der Waals surface area contributed by atoms with Crippen LogP contribution in [0.4, 0.5) is 5.69 Å². The van der Waals surface area contributed by atoms with Crippen molar-refractivity contribution in [2.45, 2.75) is 31.2 Å². The van der Waals surface area contributed by atoms with E-state index >= 15 is 0 Å².